The molecule has 2 N–H and O–H groups in total. The highest BCUT2D eigenvalue weighted by Crippen LogP contribution is 2.25. The summed E-state index contributed by atoms with van der Waals surface area (Å²) in [6.45, 7) is 0. The van der Waals surface area contributed by atoms with Crippen molar-refractivity contribution < 1.29 is 8.42 Å². The van der Waals surface area contributed by atoms with Crippen LogP contribution in [-0.4, -0.2) is 20.4 Å². The van der Waals surface area contributed by atoms with E-state index in [1.807, 2.05) is 6.07 Å². The van der Waals surface area contributed by atoms with Crippen LogP contribution in [0.2, 0.25) is 0 Å². The van der Waals surface area contributed by atoms with Crippen LogP contribution >= 0.6 is 31.9 Å². The fraction of sp³-hybridized carbons (Fsp3) is 0.0833. The van der Waals surface area contributed by atoms with E-state index in [-0.39, 0.29) is 10.7 Å². The molecule has 20 heavy (non-hydrogen) atoms. The largest absolute Gasteiger partial charge is 0.372 e. The topological polar surface area (TPSA) is 71.1 Å². The van der Waals surface area contributed by atoms with E-state index in [1.54, 1.807) is 25.2 Å². The molecule has 0 saturated carbocycles. The molecule has 5 nitrogen and oxygen atoms in total. The van der Waals surface area contributed by atoms with Gasteiger partial charge in [-0.15, -0.1) is 0 Å². The number of hydrogen-bond donors (Lipinski definition) is 2. The predicted octanol–water partition coefficient (Wildman–Crippen LogP) is 3.45. The van der Waals surface area contributed by atoms with Crippen LogP contribution in [0.1, 0.15) is 0 Å². The van der Waals surface area contributed by atoms with Gasteiger partial charge < -0.3 is 5.32 Å². The fourth-order valence-corrected chi connectivity index (χ4v) is 3.70. The molecule has 106 valence electrons. The highest BCUT2D eigenvalue weighted by Gasteiger charge is 2.20. The number of benzene rings is 1. The number of anilines is 2. The molecule has 2 rings (SSSR count). The second kappa shape index (κ2) is 6.11. The van der Waals surface area contributed by atoms with Crippen molar-refractivity contribution in [1.29, 1.82) is 0 Å². The highest BCUT2D eigenvalue weighted by atomic mass is 79.9. The molecule has 0 unspecified atom stereocenters. The molecular weight excluding hydrogens is 410 g/mol. The van der Waals surface area contributed by atoms with Crippen LogP contribution in [-0.2, 0) is 10.0 Å². The van der Waals surface area contributed by atoms with E-state index in [2.05, 4.69) is 46.9 Å². The van der Waals surface area contributed by atoms with E-state index in [4.69, 9.17) is 0 Å². The number of aromatic nitrogens is 1. The lowest BCUT2D eigenvalue weighted by Gasteiger charge is -2.11. The van der Waals surface area contributed by atoms with Crippen molar-refractivity contribution in [3.8, 4) is 0 Å². The van der Waals surface area contributed by atoms with Crippen LogP contribution in [0.3, 0.4) is 0 Å². The van der Waals surface area contributed by atoms with E-state index < -0.39 is 10.0 Å². The standard InChI is InChI=1S/C12H11Br2N3O2S/c1-15-12-11(6-9(14)7-16-12)20(18,19)17-10-4-2-3-8(13)5-10/h2-7,17H,1H3,(H,15,16). The minimum Gasteiger partial charge on any atom is -0.372 e. The van der Waals surface area contributed by atoms with Crippen molar-refractivity contribution in [3.05, 3.63) is 45.5 Å². The Bertz CT molecular complexity index is 735. The minimum absolute atomic E-state index is 0.0781. The molecule has 1 aromatic heterocycles. The van der Waals surface area contributed by atoms with Crippen molar-refractivity contribution in [2.24, 2.45) is 0 Å². The Balaban J connectivity index is 2.43. The molecule has 1 aromatic carbocycles. The van der Waals surface area contributed by atoms with Gasteiger partial charge in [0.1, 0.15) is 10.7 Å². The molecular formula is C12H11Br2N3O2S. The van der Waals surface area contributed by atoms with Gasteiger partial charge in [0, 0.05) is 27.9 Å². The van der Waals surface area contributed by atoms with Crippen LogP contribution < -0.4 is 10.0 Å². The van der Waals surface area contributed by atoms with Gasteiger partial charge in [-0.2, -0.15) is 0 Å². The number of pyridine rings is 1. The van der Waals surface area contributed by atoms with Crippen molar-refractivity contribution in [3.63, 3.8) is 0 Å². The summed E-state index contributed by atoms with van der Waals surface area (Å²) in [5, 5.41) is 2.77. The first kappa shape index (κ1) is 15.3. The Hall–Kier alpha value is -1.12. The molecule has 0 saturated heterocycles. The Morgan fingerprint density at radius 3 is 2.55 bits per heavy atom. The highest BCUT2D eigenvalue weighted by molar-refractivity contribution is 9.10. The molecule has 2 aromatic rings. The summed E-state index contributed by atoms with van der Waals surface area (Å²) in [7, 11) is -2.10. The van der Waals surface area contributed by atoms with Crippen molar-refractivity contribution >= 4 is 53.4 Å². The zero-order valence-electron chi connectivity index (χ0n) is 10.4. The summed E-state index contributed by atoms with van der Waals surface area (Å²) in [5.74, 6) is 0.288. The second-order valence-electron chi connectivity index (χ2n) is 3.87. The van der Waals surface area contributed by atoms with Gasteiger partial charge in [-0.05, 0) is 40.2 Å². The third kappa shape index (κ3) is 3.50. The summed E-state index contributed by atoms with van der Waals surface area (Å²) in [6, 6.07) is 8.42. The van der Waals surface area contributed by atoms with Crippen molar-refractivity contribution in [2.45, 2.75) is 4.90 Å². The molecule has 0 aliphatic carbocycles. The first-order valence-corrected chi connectivity index (χ1v) is 8.61. The maximum Gasteiger partial charge on any atom is 0.265 e. The fourth-order valence-electron chi connectivity index (χ4n) is 1.58. The smallest absolute Gasteiger partial charge is 0.265 e. The molecule has 0 atom stereocenters. The van der Waals surface area contributed by atoms with Gasteiger partial charge in [-0.25, -0.2) is 13.4 Å². The lowest BCUT2D eigenvalue weighted by Crippen LogP contribution is -2.15. The molecule has 0 amide bonds. The SMILES string of the molecule is CNc1ncc(Br)cc1S(=O)(=O)Nc1cccc(Br)c1. The Morgan fingerprint density at radius 2 is 1.90 bits per heavy atom. The number of halogens is 2. The molecule has 8 heteroatoms. The quantitative estimate of drug-likeness (QED) is 0.794. The van der Waals surface area contributed by atoms with Crippen LogP contribution in [0.4, 0.5) is 11.5 Å². The summed E-state index contributed by atoms with van der Waals surface area (Å²) in [5.41, 5.74) is 0.474. The van der Waals surface area contributed by atoms with Gasteiger partial charge in [-0.3, -0.25) is 4.72 Å². The monoisotopic (exact) mass is 419 g/mol. The maximum absolute atomic E-state index is 12.4. The molecule has 0 bridgehead atoms. The lowest BCUT2D eigenvalue weighted by molar-refractivity contribution is 0.601. The normalized spacial score (nSPS) is 11.2. The summed E-state index contributed by atoms with van der Waals surface area (Å²) < 4.78 is 28.7. The van der Waals surface area contributed by atoms with Gasteiger partial charge in [-0.1, -0.05) is 22.0 Å². The number of hydrogen-bond acceptors (Lipinski definition) is 4. The first-order valence-electron chi connectivity index (χ1n) is 5.54. The van der Waals surface area contributed by atoms with E-state index >= 15 is 0 Å². The van der Waals surface area contributed by atoms with E-state index in [9.17, 15) is 8.42 Å². The molecule has 1 heterocycles. The van der Waals surface area contributed by atoms with Gasteiger partial charge in [0.05, 0.1) is 0 Å². The second-order valence-corrected chi connectivity index (χ2v) is 7.35. The third-order valence-electron chi connectivity index (χ3n) is 2.42. The zero-order chi connectivity index (χ0) is 14.8. The minimum atomic E-state index is -3.72. The number of nitrogens with one attached hydrogen (secondary N) is 2. The van der Waals surface area contributed by atoms with Gasteiger partial charge in [0.25, 0.3) is 10.0 Å². The molecule has 0 aliphatic heterocycles. The zero-order valence-corrected chi connectivity index (χ0v) is 14.4. The average Bonchev–Trinajstić information content (AvgIpc) is 2.38. The summed E-state index contributed by atoms with van der Waals surface area (Å²) in [4.78, 5) is 4.11. The first-order chi connectivity index (χ1) is 9.42. The van der Waals surface area contributed by atoms with Gasteiger partial charge >= 0.3 is 0 Å². The Labute approximate surface area is 134 Å². The summed E-state index contributed by atoms with van der Waals surface area (Å²) >= 11 is 6.52. The van der Waals surface area contributed by atoms with Crippen molar-refractivity contribution in [1.82, 2.24) is 4.98 Å². The van der Waals surface area contributed by atoms with Gasteiger partial charge in [0.15, 0.2) is 0 Å². The molecule has 0 radical (unpaired) electrons. The lowest BCUT2D eigenvalue weighted by atomic mass is 10.3. The van der Waals surface area contributed by atoms with Crippen LogP contribution in [0.15, 0.2) is 50.4 Å². The van der Waals surface area contributed by atoms with Gasteiger partial charge in [0.2, 0.25) is 0 Å². The average molecular weight is 421 g/mol. The van der Waals surface area contributed by atoms with E-state index in [0.717, 1.165) is 4.47 Å². The molecule has 0 fully saturated rings. The Morgan fingerprint density at radius 1 is 1.15 bits per heavy atom. The van der Waals surface area contributed by atoms with Crippen LogP contribution in [0.5, 0.6) is 0 Å². The molecule has 0 spiro atoms. The number of rotatable bonds is 4. The maximum atomic E-state index is 12.4. The number of nitrogens with zero attached hydrogens (tertiary/aromatic N) is 1. The van der Waals surface area contributed by atoms with E-state index in [0.29, 0.717) is 10.2 Å². The van der Waals surface area contributed by atoms with E-state index in [1.165, 1.54) is 12.3 Å². The third-order valence-corrected chi connectivity index (χ3v) is 4.74. The number of sulfonamides is 1. The Kier molecular flexibility index (Phi) is 4.66. The molecule has 0 aliphatic rings. The van der Waals surface area contributed by atoms with Crippen LogP contribution in [0.25, 0.3) is 0 Å². The predicted molar refractivity (Wildman–Crippen MR) is 86.4 cm³/mol. The summed E-state index contributed by atoms with van der Waals surface area (Å²) in [6.07, 6.45) is 1.53. The van der Waals surface area contributed by atoms with Crippen LogP contribution in [0, 0.1) is 0 Å². The van der Waals surface area contributed by atoms with Crippen molar-refractivity contribution in [2.75, 3.05) is 17.1 Å².